The van der Waals surface area contributed by atoms with Crippen LogP contribution in [0.1, 0.15) is 40.4 Å². The van der Waals surface area contributed by atoms with Crippen molar-refractivity contribution in [3.63, 3.8) is 0 Å². The summed E-state index contributed by atoms with van der Waals surface area (Å²) in [6.07, 6.45) is 3.39. The minimum atomic E-state index is -1.94. The minimum absolute atomic E-state index is 0.0319. The zero-order chi connectivity index (χ0) is 37.8. The highest BCUT2D eigenvalue weighted by Gasteiger charge is 2.52. The molecule has 10 heteroatoms. The van der Waals surface area contributed by atoms with Gasteiger partial charge in [0.05, 0.1) is 37.2 Å². The number of aliphatic hydroxyl groups is 2. The number of fused-ring (bicyclic) bond motifs is 3. The van der Waals surface area contributed by atoms with E-state index >= 15 is 0 Å². The number of para-hydroxylation sites is 3. The molecule has 2 aliphatic rings. The van der Waals surface area contributed by atoms with Crippen molar-refractivity contribution in [3.8, 4) is 17.2 Å². The van der Waals surface area contributed by atoms with E-state index in [1.807, 2.05) is 84.9 Å². The van der Waals surface area contributed by atoms with Gasteiger partial charge in [0.25, 0.3) is 11.8 Å². The molecule has 54 heavy (non-hydrogen) atoms. The van der Waals surface area contributed by atoms with E-state index in [0.717, 1.165) is 11.1 Å². The number of amides is 3. The summed E-state index contributed by atoms with van der Waals surface area (Å²) in [6.45, 7) is 2.28. The second-order valence-electron chi connectivity index (χ2n) is 13.4. The number of nitrogens with zero attached hydrogens (tertiary/aromatic N) is 3. The molecule has 2 N–H and O–H groups in total. The summed E-state index contributed by atoms with van der Waals surface area (Å²) < 4.78 is 11.6. The normalized spacial score (nSPS) is 16.7. The number of aliphatic hydroxyl groups excluding tert-OH is 1. The third-order valence-electron chi connectivity index (χ3n) is 9.97. The highest BCUT2D eigenvalue weighted by molar-refractivity contribution is 6.14. The summed E-state index contributed by atoms with van der Waals surface area (Å²) in [5, 5.41) is 21.9. The molecule has 5 aromatic carbocycles. The largest absolute Gasteiger partial charge is 0.497 e. The van der Waals surface area contributed by atoms with Crippen LogP contribution in [-0.4, -0.2) is 53.1 Å². The molecule has 2 aliphatic heterocycles. The number of rotatable bonds is 12. The summed E-state index contributed by atoms with van der Waals surface area (Å²) in [7, 11) is 1.53. The molecule has 0 fully saturated rings. The molecule has 7 rings (SSSR count). The number of methoxy groups -OCH3 is 1. The average molecular weight is 724 g/mol. The van der Waals surface area contributed by atoms with Gasteiger partial charge in [0.2, 0.25) is 5.91 Å². The summed E-state index contributed by atoms with van der Waals surface area (Å²) in [5.74, 6) is -0.110. The molecule has 10 nitrogen and oxygen atoms in total. The molecule has 0 bridgehead atoms. The Kier molecular flexibility index (Phi) is 10.3. The van der Waals surface area contributed by atoms with E-state index in [4.69, 9.17) is 9.47 Å². The molecule has 0 aliphatic carbocycles. The Morgan fingerprint density at radius 1 is 0.870 bits per heavy atom. The molecule has 3 amide bonds. The molecule has 0 spiro atoms. The first-order valence-electron chi connectivity index (χ1n) is 17.8. The number of anilines is 3. The molecule has 0 saturated heterocycles. The van der Waals surface area contributed by atoms with E-state index in [2.05, 4.69) is 0 Å². The molecular weight excluding hydrogens is 682 g/mol. The smallest absolute Gasteiger partial charge is 0.266 e. The van der Waals surface area contributed by atoms with Crippen LogP contribution < -0.4 is 19.3 Å². The molecule has 0 radical (unpaired) electrons. The fourth-order valence-electron chi connectivity index (χ4n) is 7.07. The Morgan fingerprint density at radius 3 is 2.31 bits per heavy atom. The lowest BCUT2D eigenvalue weighted by molar-refractivity contribution is -0.139. The van der Waals surface area contributed by atoms with Crippen LogP contribution in [0.2, 0.25) is 0 Å². The van der Waals surface area contributed by atoms with Gasteiger partial charge in [-0.25, -0.2) is 0 Å². The highest BCUT2D eigenvalue weighted by atomic mass is 16.5. The standard InChI is InChI=1S/C44H41N3O7/c1-30(11-10-18-41(49)45(25-26-48)28-31-12-4-3-5-13-31)44(52)36-27-34(53-2)23-24-37(36)46(43(44)51)29-32-19-21-33(22-20-32)47-38-15-7-9-17-40(38)54-39-16-8-6-14-35(39)42(47)50/h3-17,19-24,27,30,48,52H,18,25-26,28-29H2,1-2H3/b11-10+/t30-,44+/m1/s1. The number of carbonyl (C=O) groups excluding carboxylic acids is 3. The third kappa shape index (κ3) is 6.84. The second-order valence-corrected chi connectivity index (χ2v) is 13.4. The first-order valence-corrected chi connectivity index (χ1v) is 17.8. The van der Waals surface area contributed by atoms with Crippen LogP contribution in [-0.2, 0) is 28.3 Å². The summed E-state index contributed by atoms with van der Waals surface area (Å²) in [4.78, 5) is 46.1. The van der Waals surface area contributed by atoms with Gasteiger partial charge in [-0.05, 0) is 65.7 Å². The Labute approximate surface area is 314 Å². The Bertz CT molecular complexity index is 2200. The molecule has 274 valence electrons. The van der Waals surface area contributed by atoms with Gasteiger partial charge in [-0.3, -0.25) is 19.3 Å². The summed E-state index contributed by atoms with van der Waals surface area (Å²) in [6, 6.07) is 36.6. The summed E-state index contributed by atoms with van der Waals surface area (Å²) >= 11 is 0. The van der Waals surface area contributed by atoms with Crippen molar-refractivity contribution in [1.82, 2.24) is 4.90 Å². The highest BCUT2D eigenvalue weighted by Crippen LogP contribution is 2.47. The Balaban J connectivity index is 1.12. The van der Waals surface area contributed by atoms with Gasteiger partial charge in [-0.1, -0.05) is 85.8 Å². The van der Waals surface area contributed by atoms with E-state index < -0.39 is 17.4 Å². The molecule has 0 aromatic heterocycles. The van der Waals surface area contributed by atoms with Crippen molar-refractivity contribution in [2.24, 2.45) is 5.92 Å². The topological polar surface area (TPSA) is 120 Å². The number of carbonyl (C=O) groups is 3. The first kappa shape index (κ1) is 36.1. The van der Waals surface area contributed by atoms with Crippen LogP contribution in [0.3, 0.4) is 0 Å². The summed E-state index contributed by atoms with van der Waals surface area (Å²) in [5.41, 5.74) is 2.41. The van der Waals surface area contributed by atoms with E-state index in [-0.39, 0.29) is 37.9 Å². The number of benzene rings is 5. The van der Waals surface area contributed by atoms with Crippen molar-refractivity contribution in [2.75, 3.05) is 30.1 Å². The lowest BCUT2D eigenvalue weighted by atomic mass is 9.83. The molecule has 2 atom stereocenters. The van der Waals surface area contributed by atoms with Gasteiger partial charge in [0.15, 0.2) is 11.4 Å². The Hall–Kier alpha value is -6.23. The van der Waals surface area contributed by atoms with Gasteiger partial charge in [0.1, 0.15) is 11.5 Å². The lowest BCUT2D eigenvalue weighted by Crippen LogP contribution is -2.44. The maximum Gasteiger partial charge on any atom is 0.266 e. The number of hydrogen-bond acceptors (Lipinski definition) is 7. The molecule has 0 saturated carbocycles. The van der Waals surface area contributed by atoms with Gasteiger partial charge in [0, 0.05) is 36.7 Å². The first-order chi connectivity index (χ1) is 26.2. The van der Waals surface area contributed by atoms with E-state index in [1.54, 1.807) is 70.2 Å². The second kappa shape index (κ2) is 15.4. The maximum atomic E-state index is 14.3. The predicted octanol–water partition coefficient (Wildman–Crippen LogP) is 7.12. The van der Waals surface area contributed by atoms with E-state index in [1.165, 1.54) is 7.11 Å². The zero-order valence-electron chi connectivity index (χ0n) is 30.1. The van der Waals surface area contributed by atoms with Gasteiger partial charge >= 0.3 is 0 Å². The van der Waals surface area contributed by atoms with E-state index in [9.17, 15) is 24.6 Å². The fraction of sp³-hybridized carbons (Fsp3) is 0.205. The van der Waals surface area contributed by atoms with Crippen LogP contribution in [0.15, 0.2) is 133 Å². The Morgan fingerprint density at radius 2 is 1.57 bits per heavy atom. The van der Waals surface area contributed by atoms with Crippen molar-refractivity contribution < 1.29 is 34.1 Å². The van der Waals surface area contributed by atoms with Crippen molar-refractivity contribution >= 4 is 34.8 Å². The van der Waals surface area contributed by atoms with Crippen molar-refractivity contribution in [3.05, 3.63) is 156 Å². The SMILES string of the molecule is COc1ccc2c(c1)[C@@](O)([C@H](C)/C=C/CC(=O)N(CCO)Cc1ccccc1)C(=O)N2Cc1ccc(N2C(=O)c3ccccc3Oc3ccccc32)cc1. The molecular formula is C44H41N3O7. The number of hydrogen-bond donors (Lipinski definition) is 2. The van der Waals surface area contributed by atoms with Crippen LogP contribution in [0.5, 0.6) is 17.2 Å². The number of ether oxygens (including phenoxy) is 2. The van der Waals surface area contributed by atoms with Crippen molar-refractivity contribution in [2.45, 2.75) is 32.0 Å². The molecule has 2 heterocycles. The average Bonchev–Trinajstić information content (AvgIpc) is 3.32. The van der Waals surface area contributed by atoms with Crippen LogP contribution in [0.25, 0.3) is 0 Å². The minimum Gasteiger partial charge on any atom is -0.497 e. The van der Waals surface area contributed by atoms with Gasteiger partial charge in [-0.2, -0.15) is 0 Å². The van der Waals surface area contributed by atoms with Crippen LogP contribution in [0.4, 0.5) is 17.1 Å². The quantitative estimate of drug-likeness (QED) is 0.132. The zero-order valence-corrected chi connectivity index (χ0v) is 30.1. The monoisotopic (exact) mass is 723 g/mol. The third-order valence-corrected chi connectivity index (χ3v) is 9.97. The maximum absolute atomic E-state index is 14.3. The fourth-order valence-corrected chi connectivity index (χ4v) is 7.07. The van der Waals surface area contributed by atoms with Crippen LogP contribution >= 0.6 is 0 Å². The van der Waals surface area contributed by atoms with E-state index in [0.29, 0.717) is 52.0 Å². The van der Waals surface area contributed by atoms with Crippen molar-refractivity contribution in [1.29, 1.82) is 0 Å². The lowest BCUT2D eigenvalue weighted by Gasteiger charge is -2.28. The molecule has 5 aromatic rings. The predicted molar refractivity (Wildman–Crippen MR) is 206 cm³/mol. The molecule has 0 unspecified atom stereocenters. The van der Waals surface area contributed by atoms with Gasteiger partial charge < -0.3 is 29.5 Å². The van der Waals surface area contributed by atoms with Gasteiger partial charge in [-0.15, -0.1) is 0 Å². The van der Waals surface area contributed by atoms with Crippen LogP contribution in [0, 0.1) is 5.92 Å².